The van der Waals surface area contributed by atoms with Gasteiger partial charge in [-0.3, -0.25) is 10.1 Å². The van der Waals surface area contributed by atoms with Crippen molar-refractivity contribution in [3.63, 3.8) is 0 Å². The van der Waals surface area contributed by atoms with Crippen molar-refractivity contribution in [3.05, 3.63) is 28.3 Å². The van der Waals surface area contributed by atoms with Gasteiger partial charge in [-0.1, -0.05) is 0 Å². The molecular formula is C9H9ClN4O2. The maximum atomic E-state index is 10.6. The van der Waals surface area contributed by atoms with Crippen molar-refractivity contribution in [2.75, 3.05) is 17.7 Å². The van der Waals surface area contributed by atoms with E-state index >= 15 is 0 Å². The summed E-state index contributed by atoms with van der Waals surface area (Å²) in [6.45, 7) is 0.587. The summed E-state index contributed by atoms with van der Waals surface area (Å²) in [6.07, 6.45) is 0. The SMILES string of the molecule is O=[N+]([O-])c1ccc2nc(NCCCl)[nH]c2c1. The number of nitrogens with one attached hydrogen (secondary N) is 2. The number of nitrogens with zero attached hydrogens (tertiary/aromatic N) is 2. The molecule has 2 rings (SSSR count). The van der Waals surface area contributed by atoms with Gasteiger partial charge in [-0.2, -0.15) is 0 Å². The van der Waals surface area contributed by atoms with Gasteiger partial charge in [0.15, 0.2) is 0 Å². The van der Waals surface area contributed by atoms with Crippen molar-refractivity contribution < 1.29 is 4.92 Å². The zero-order chi connectivity index (χ0) is 11.5. The lowest BCUT2D eigenvalue weighted by Crippen LogP contribution is -2.03. The van der Waals surface area contributed by atoms with Crippen molar-refractivity contribution in [2.24, 2.45) is 0 Å². The van der Waals surface area contributed by atoms with E-state index in [4.69, 9.17) is 11.6 Å². The van der Waals surface area contributed by atoms with Gasteiger partial charge in [-0.25, -0.2) is 4.98 Å². The molecule has 6 nitrogen and oxygen atoms in total. The molecule has 0 atom stereocenters. The summed E-state index contributed by atoms with van der Waals surface area (Å²) < 4.78 is 0. The minimum absolute atomic E-state index is 0.0417. The van der Waals surface area contributed by atoms with Gasteiger partial charge in [0.05, 0.1) is 16.0 Å². The Hall–Kier alpha value is -1.82. The smallest absolute Gasteiger partial charge is 0.271 e. The van der Waals surface area contributed by atoms with Crippen molar-refractivity contribution >= 4 is 34.3 Å². The van der Waals surface area contributed by atoms with Gasteiger partial charge >= 0.3 is 0 Å². The molecule has 0 bridgehead atoms. The molecule has 2 N–H and O–H groups in total. The number of rotatable bonds is 4. The normalized spacial score (nSPS) is 10.6. The van der Waals surface area contributed by atoms with Gasteiger partial charge < -0.3 is 10.3 Å². The Labute approximate surface area is 95.8 Å². The molecule has 0 fully saturated rings. The highest BCUT2D eigenvalue weighted by Gasteiger charge is 2.08. The van der Waals surface area contributed by atoms with Gasteiger partial charge in [-0.15, -0.1) is 11.6 Å². The van der Waals surface area contributed by atoms with Crippen LogP contribution in [0.2, 0.25) is 0 Å². The lowest BCUT2D eigenvalue weighted by atomic mass is 10.3. The summed E-state index contributed by atoms with van der Waals surface area (Å²) in [7, 11) is 0. The number of benzene rings is 1. The van der Waals surface area contributed by atoms with E-state index in [2.05, 4.69) is 15.3 Å². The Morgan fingerprint density at radius 1 is 1.56 bits per heavy atom. The van der Waals surface area contributed by atoms with Gasteiger partial charge in [0.25, 0.3) is 5.69 Å². The molecule has 0 spiro atoms. The number of fused-ring (bicyclic) bond motifs is 1. The van der Waals surface area contributed by atoms with Crippen LogP contribution < -0.4 is 5.32 Å². The molecule has 1 aromatic carbocycles. The molecular weight excluding hydrogens is 232 g/mol. The first-order chi connectivity index (χ1) is 7.70. The maximum absolute atomic E-state index is 10.6. The second-order valence-electron chi connectivity index (χ2n) is 3.16. The van der Waals surface area contributed by atoms with Crippen LogP contribution in [0.5, 0.6) is 0 Å². The highest BCUT2D eigenvalue weighted by Crippen LogP contribution is 2.20. The molecule has 7 heteroatoms. The molecule has 84 valence electrons. The number of hydrogen-bond donors (Lipinski definition) is 2. The van der Waals surface area contributed by atoms with E-state index in [9.17, 15) is 10.1 Å². The Kier molecular flexibility index (Phi) is 2.91. The lowest BCUT2D eigenvalue weighted by molar-refractivity contribution is -0.384. The summed E-state index contributed by atoms with van der Waals surface area (Å²) in [5, 5.41) is 13.5. The Bertz CT molecular complexity index is 525. The quantitative estimate of drug-likeness (QED) is 0.487. The maximum Gasteiger partial charge on any atom is 0.271 e. The van der Waals surface area contributed by atoms with Crippen LogP contribution in [0.3, 0.4) is 0 Å². The van der Waals surface area contributed by atoms with E-state index in [1.807, 2.05) is 0 Å². The number of H-pyrrole nitrogens is 1. The zero-order valence-electron chi connectivity index (χ0n) is 8.24. The van der Waals surface area contributed by atoms with Gasteiger partial charge in [-0.05, 0) is 6.07 Å². The van der Waals surface area contributed by atoms with Crippen LogP contribution in [-0.2, 0) is 0 Å². The molecule has 16 heavy (non-hydrogen) atoms. The number of aromatic nitrogens is 2. The fraction of sp³-hybridized carbons (Fsp3) is 0.222. The van der Waals surface area contributed by atoms with E-state index in [0.717, 1.165) is 0 Å². The zero-order valence-corrected chi connectivity index (χ0v) is 8.99. The average Bonchev–Trinajstić information content (AvgIpc) is 2.67. The number of nitro benzene ring substituents is 1. The van der Waals surface area contributed by atoms with Crippen LogP contribution >= 0.6 is 11.6 Å². The fourth-order valence-corrected chi connectivity index (χ4v) is 1.46. The number of alkyl halides is 1. The van der Waals surface area contributed by atoms with Gasteiger partial charge in [0, 0.05) is 24.6 Å². The molecule has 0 aliphatic heterocycles. The number of halogens is 1. The standard InChI is InChI=1S/C9H9ClN4O2/c10-3-4-11-9-12-7-2-1-6(14(15)16)5-8(7)13-9/h1-2,5H,3-4H2,(H2,11,12,13). The highest BCUT2D eigenvalue weighted by atomic mass is 35.5. The number of nitro groups is 1. The van der Waals surface area contributed by atoms with Crippen LogP contribution in [0.4, 0.5) is 11.6 Å². The minimum atomic E-state index is -0.438. The number of imidazole rings is 1. The van der Waals surface area contributed by atoms with Crippen LogP contribution in [0.15, 0.2) is 18.2 Å². The van der Waals surface area contributed by atoms with Crippen LogP contribution in [0.25, 0.3) is 11.0 Å². The monoisotopic (exact) mass is 240 g/mol. The molecule has 0 amide bonds. The summed E-state index contributed by atoms with van der Waals surface area (Å²) in [6, 6.07) is 4.48. The molecule has 0 aliphatic carbocycles. The number of anilines is 1. The van der Waals surface area contributed by atoms with Crippen molar-refractivity contribution in [1.29, 1.82) is 0 Å². The van der Waals surface area contributed by atoms with Gasteiger partial charge in [0.2, 0.25) is 5.95 Å². The molecule has 0 saturated heterocycles. The first-order valence-electron chi connectivity index (χ1n) is 4.64. The largest absolute Gasteiger partial charge is 0.355 e. The lowest BCUT2D eigenvalue weighted by Gasteiger charge is -1.95. The van der Waals surface area contributed by atoms with Crippen LogP contribution in [-0.4, -0.2) is 27.3 Å². The van der Waals surface area contributed by atoms with E-state index < -0.39 is 4.92 Å². The minimum Gasteiger partial charge on any atom is -0.355 e. The molecule has 0 unspecified atom stereocenters. The van der Waals surface area contributed by atoms with Crippen LogP contribution in [0.1, 0.15) is 0 Å². The van der Waals surface area contributed by atoms with Crippen molar-refractivity contribution in [1.82, 2.24) is 9.97 Å². The molecule has 1 heterocycles. The molecule has 0 radical (unpaired) electrons. The third kappa shape index (κ3) is 2.06. The number of non-ortho nitro benzene ring substituents is 1. The molecule has 2 aromatic rings. The number of aromatic amines is 1. The Morgan fingerprint density at radius 2 is 2.38 bits per heavy atom. The summed E-state index contributed by atoms with van der Waals surface area (Å²) >= 11 is 5.52. The third-order valence-corrected chi connectivity index (χ3v) is 2.25. The molecule has 0 saturated carbocycles. The van der Waals surface area contributed by atoms with Crippen LogP contribution in [0, 0.1) is 10.1 Å². The predicted octanol–water partition coefficient (Wildman–Crippen LogP) is 2.12. The Morgan fingerprint density at radius 3 is 3.06 bits per heavy atom. The third-order valence-electron chi connectivity index (χ3n) is 2.06. The average molecular weight is 241 g/mol. The molecule has 1 aromatic heterocycles. The van der Waals surface area contributed by atoms with E-state index in [-0.39, 0.29) is 5.69 Å². The predicted molar refractivity (Wildman–Crippen MR) is 62.0 cm³/mol. The van der Waals surface area contributed by atoms with E-state index in [1.54, 1.807) is 6.07 Å². The number of hydrogen-bond acceptors (Lipinski definition) is 4. The fourth-order valence-electron chi connectivity index (χ4n) is 1.36. The summed E-state index contributed by atoms with van der Waals surface area (Å²) in [5.41, 5.74) is 1.36. The summed E-state index contributed by atoms with van der Waals surface area (Å²) in [4.78, 5) is 17.3. The van der Waals surface area contributed by atoms with E-state index in [1.165, 1.54) is 12.1 Å². The summed E-state index contributed by atoms with van der Waals surface area (Å²) in [5.74, 6) is 1.04. The van der Waals surface area contributed by atoms with Crippen molar-refractivity contribution in [3.8, 4) is 0 Å². The van der Waals surface area contributed by atoms with Crippen molar-refractivity contribution in [2.45, 2.75) is 0 Å². The topological polar surface area (TPSA) is 83.8 Å². The second-order valence-corrected chi connectivity index (χ2v) is 3.54. The van der Waals surface area contributed by atoms with Gasteiger partial charge in [0.1, 0.15) is 0 Å². The molecule has 0 aliphatic rings. The first kappa shape index (κ1) is 10.7. The highest BCUT2D eigenvalue weighted by molar-refractivity contribution is 6.18. The van der Waals surface area contributed by atoms with E-state index in [0.29, 0.717) is 29.4 Å². The Balaban J connectivity index is 2.34. The first-order valence-corrected chi connectivity index (χ1v) is 5.18. The second kappa shape index (κ2) is 4.36.